The summed E-state index contributed by atoms with van der Waals surface area (Å²) in [7, 11) is 3.01. The Bertz CT molecular complexity index is 931. The molecule has 0 bridgehead atoms. The Balaban J connectivity index is 1.72. The normalized spacial score (nSPS) is 16.4. The molecule has 160 valence electrons. The second kappa shape index (κ2) is 8.52. The van der Waals surface area contributed by atoms with Crippen molar-refractivity contribution in [3.8, 4) is 23.0 Å². The van der Waals surface area contributed by atoms with Crippen molar-refractivity contribution >= 4 is 17.5 Å². The van der Waals surface area contributed by atoms with Crippen molar-refractivity contribution < 1.29 is 37.0 Å². The molecule has 30 heavy (non-hydrogen) atoms. The van der Waals surface area contributed by atoms with Crippen molar-refractivity contribution in [1.29, 1.82) is 0 Å². The maximum absolute atomic E-state index is 12.6. The summed E-state index contributed by atoms with van der Waals surface area (Å²) in [5.41, 5.74) is 0.338. The highest BCUT2D eigenvalue weighted by Gasteiger charge is 2.33. The van der Waals surface area contributed by atoms with Crippen LogP contribution in [0.3, 0.4) is 0 Å². The van der Waals surface area contributed by atoms with E-state index in [1.54, 1.807) is 19.2 Å². The molecule has 10 heteroatoms. The number of rotatable bonds is 6. The summed E-state index contributed by atoms with van der Waals surface area (Å²) >= 11 is 0. The van der Waals surface area contributed by atoms with Crippen molar-refractivity contribution in [2.75, 3.05) is 19.5 Å². The van der Waals surface area contributed by atoms with Crippen molar-refractivity contribution in [2.45, 2.75) is 25.2 Å². The first-order valence-electron chi connectivity index (χ1n) is 8.94. The van der Waals surface area contributed by atoms with E-state index in [-0.39, 0.29) is 23.3 Å². The number of nitrogens with zero attached hydrogens (tertiary/aromatic N) is 1. The quantitative estimate of drug-likeness (QED) is 0.760. The van der Waals surface area contributed by atoms with Gasteiger partial charge < -0.3 is 24.4 Å². The molecule has 2 amide bonds. The second-order valence-electron chi connectivity index (χ2n) is 6.53. The van der Waals surface area contributed by atoms with Crippen molar-refractivity contribution in [3.63, 3.8) is 0 Å². The van der Waals surface area contributed by atoms with Crippen LogP contribution in [-0.4, -0.2) is 43.3 Å². The minimum atomic E-state index is -4.77. The number of carbonyl (C=O) groups excluding carboxylic acids is 2. The lowest BCUT2D eigenvalue weighted by atomic mass is 10.2. The molecule has 1 aliphatic heterocycles. The van der Waals surface area contributed by atoms with E-state index in [9.17, 15) is 22.8 Å². The second-order valence-corrected chi connectivity index (χ2v) is 6.53. The summed E-state index contributed by atoms with van der Waals surface area (Å²) in [4.78, 5) is 25.6. The van der Waals surface area contributed by atoms with Gasteiger partial charge in [-0.25, -0.2) is 0 Å². The van der Waals surface area contributed by atoms with E-state index in [0.717, 1.165) is 12.1 Å². The zero-order chi connectivity index (χ0) is 21.9. The number of anilines is 1. The van der Waals surface area contributed by atoms with Crippen LogP contribution < -0.4 is 19.5 Å². The molecule has 1 heterocycles. The highest BCUT2D eigenvalue weighted by Crippen LogP contribution is 2.33. The number of benzene rings is 2. The van der Waals surface area contributed by atoms with Gasteiger partial charge in [0.15, 0.2) is 0 Å². The summed E-state index contributed by atoms with van der Waals surface area (Å²) in [5.74, 6) is 0.161. The number of hydrogen-bond acceptors (Lipinski definition) is 5. The van der Waals surface area contributed by atoms with Crippen molar-refractivity contribution in [1.82, 2.24) is 4.90 Å². The third kappa shape index (κ3) is 5.13. The smallest absolute Gasteiger partial charge is 0.495 e. The van der Waals surface area contributed by atoms with Gasteiger partial charge >= 0.3 is 6.36 Å². The molecule has 1 atom stereocenters. The Kier molecular flexibility index (Phi) is 6.04. The summed E-state index contributed by atoms with van der Waals surface area (Å²) in [6.45, 7) is 0. The Hall–Kier alpha value is -3.43. The van der Waals surface area contributed by atoms with Crippen LogP contribution >= 0.6 is 0 Å². The average molecular weight is 424 g/mol. The average Bonchev–Trinajstić information content (AvgIpc) is 3.01. The lowest BCUT2D eigenvalue weighted by Crippen LogP contribution is -2.38. The molecule has 2 aromatic rings. The first kappa shape index (κ1) is 21.3. The fraction of sp³-hybridized carbons (Fsp3) is 0.300. The standard InChI is InChI=1S/C20H19F3N2O5/c1-25-16(8-10-18(25)26)19(27)24-15-11-14(7-9-17(15)28-2)29-12-3-5-13(6-4-12)30-20(21,22)23/h3-7,9,11,16H,8,10H2,1-2H3,(H,24,27). The molecule has 0 aliphatic carbocycles. The number of carbonyl (C=O) groups is 2. The molecule has 1 saturated heterocycles. The molecule has 0 radical (unpaired) electrons. The Morgan fingerprint density at radius 3 is 2.30 bits per heavy atom. The largest absolute Gasteiger partial charge is 0.573 e. The van der Waals surface area contributed by atoms with Gasteiger partial charge in [0.05, 0.1) is 12.8 Å². The van der Waals surface area contributed by atoms with Gasteiger partial charge in [-0.2, -0.15) is 0 Å². The van der Waals surface area contributed by atoms with Crippen molar-refractivity contribution in [3.05, 3.63) is 42.5 Å². The predicted molar refractivity (Wildman–Crippen MR) is 101 cm³/mol. The summed E-state index contributed by atoms with van der Waals surface area (Å²) in [5, 5.41) is 2.73. The summed E-state index contributed by atoms with van der Waals surface area (Å²) in [6.07, 6.45) is -4.04. The molecule has 0 aromatic heterocycles. The highest BCUT2D eigenvalue weighted by atomic mass is 19.4. The van der Waals surface area contributed by atoms with Crippen molar-refractivity contribution in [2.24, 2.45) is 0 Å². The SMILES string of the molecule is COc1ccc(Oc2ccc(OC(F)(F)F)cc2)cc1NC(=O)C1CCC(=O)N1C. The van der Waals surface area contributed by atoms with Gasteiger partial charge in [-0.1, -0.05) is 0 Å². The molecule has 1 fully saturated rings. The minimum Gasteiger partial charge on any atom is -0.495 e. The van der Waals surface area contributed by atoms with E-state index in [4.69, 9.17) is 9.47 Å². The van der Waals surface area contributed by atoms with Crippen LogP contribution in [0.15, 0.2) is 42.5 Å². The molecule has 2 aromatic carbocycles. The van der Waals surface area contributed by atoms with Crippen LogP contribution in [0, 0.1) is 0 Å². The van der Waals surface area contributed by atoms with E-state index in [2.05, 4.69) is 10.1 Å². The van der Waals surface area contributed by atoms with Gasteiger partial charge in [-0.3, -0.25) is 9.59 Å². The number of alkyl halides is 3. The van der Waals surface area contributed by atoms with E-state index < -0.39 is 12.4 Å². The predicted octanol–water partition coefficient (Wildman–Crippen LogP) is 3.95. The fourth-order valence-corrected chi connectivity index (χ4v) is 3.02. The third-order valence-electron chi connectivity index (χ3n) is 4.52. The van der Waals surface area contributed by atoms with Gasteiger partial charge in [0.25, 0.3) is 0 Å². The van der Waals surface area contributed by atoms with Gasteiger partial charge in [-0.15, -0.1) is 13.2 Å². The molecule has 1 unspecified atom stereocenters. The molecule has 0 spiro atoms. The molecular formula is C20H19F3N2O5. The lowest BCUT2D eigenvalue weighted by molar-refractivity contribution is -0.274. The lowest BCUT2D eigenvalue weighted by Gasteiger charge is -2.20. The molecule has 1 N–H and O–H groups in total. The van der Waals surface area contributed by atoms with E-state index >= 15 is 0 Å². The molecular weight excluding hydrogens is 405 g/mol. The molecule has 1 aliphatic rings. The van der Waals surface area contributed by atoms with Gasteiger partial charge in [0.1, 0.15) is 29.0 Å². The van der Waals surface area contributed by atoms with E-state index in [0.29, 0.717) is 30.0 Å². The Morgan fingerprint density at radius 2 is 1.73 bits per heavy atom. The summed E-state index contributed by atoms with van der Waals surface area (Å²) in [6, 6.07) is 9.01. The molecule has 3 rings (SSSR count). The number of halogens is 3. The zero-order valence-electron chi connectivity index (χ0n) is 16.2. The first-order valence-corrected chi connectivity index (χ1v) is 8.94. The zero-order valence-corrected chi connectivity index (χ0v) is 16.2. The van der Waals surface area contributed by atoms with Gasteiger partial charge in [0, 0.05) is 19.5 Å². The highest BCUT2D eigenvalue weighted by molar-refractivity contribution is 5.99. The topological polar surface area (TPSA) is 77.1 Å². The van der Waals surface area contributed by atoms with E-state index in [1.165, 1.54) is 30.2 Å². The number of hydrogen-bond donors (Lipinski definition) is 1. The Labute approximate surface area is 170 Å². The van der Waals surface area contributed by atoms with Gasteiger partial charge in [0.2, 0.25) is 11.8 Å². The number of nitrogens with one attached hydrogen (secondary N) is 1. The Morgan fingerprint density at radius 1 is 1.10 bits per heavy atom. The van der Waals surface area contributed by atoms with Crippen LogP contribution in [0.25, 0.3) is 0 Å². The number of ether oxygens (including phenoxy) is 3. The van der Waals surface area contributed by atoms with Crippen LogP contribution in [0.4, 0.5) is 18.9 Å². The fourth-order valence-electron chi connectivity index (χ4n) is 3.02. The number of methoxy groups -OCH3 is 1. The maximum atomic E-state index is 12.6. The number of likely N-dealkylation sites (N-methyl/N-ethyl adjacent to an activating group) is 1. The first-order chi connectivity index (χ1) is 14.2. The van der Waals surface area contributed by atoms with Crippen LogP contribution in [0.2, 0.25) is 0 Å². The van der Waals surface area contributed by atoms with E-state index in [1.807, 2.05) is 0 Å². The van der Waals surface area contributed by atoms with Crippen LogP contribution in [0.5, 0.6) is 23.0 Å². The van der Waals surface area contributed by atoms with Crippen LogP contribution in [0.1, 0.15) is 12.8 Å². The molecule has 0 saturated carbocycles. The van der Waals surface area contributed by atoms with Gasteiger partial charge in [-0.05, 0) is 42.8 Å². The maximum Gasteiger partial charge on any atom is 0.573 e. The minimum absolute atomic E-state index is 0.0999. The monoisotopic (exact) mass is 424 g/mol. The number of likely N-dealkylation sites (tertiary alicyclic amines) is 1. The van der Waals surface area contributed by atoms with Crippen LogP contribution in [-0.2, 0) is 9.59 Å². The molecule has 7 nitrogen and oxygen atoms in total. The number of amides is 2. The summed E-state index contributed by atoms with van der Waals surface area (Å²) < 4.78 is 51.4. The third-order valence-corrected chi connectivity index (χ3v) is 4.52.